The molecule has 0 fully saturated rings. The first-order valence-electron chi connectivity index (χ1n) is 6.89. The van der Waals surface area contributed by atoms with Crippen molar-refractivity contribution in [1.29, 1.82) is 0 Å². The van der Waals surface area contributed by atoms with E-state index in [4.69, 9.17) is 0 Å². The molecule has 1 unspecified atom stereocenters. The van der Waals surface area contributed by atoms with Gasteiger partial charge in [0.15, 0.2) is 5.78 Å². The largest absolute Gasteiger partial charge is 0.324 e. The van der Waals surface area contributed by atoms with E-state index in [1.54, 1.807) is 54.6 Å². The predicted molar refractivity (Wildman–Crippen MR) is 85.2 cm³/mol. The van der Waals surface area contributed by atoms with E-state index in [2.05, 4.69) is 10.5 Å². The summed E-state index contributed by atoms with van der Waals surface area (Å²) in [4.78, 5) is 45.6. The third-order valence-corrected chi connectivity index (χ3v) is 3.19. The van der Waals surface area contributed by atoms with Crippen molar-refractivity contribution in [3.8, 4) is 0 Å². The zero-order chi connectivity index (χ0) is 16.7. The van der Waals surface area contributed by atoms with E-state index in [9.17, 15) is 19.3 Å². The van der Waals surface area contributed by atoms with Crippen LogP contribution in [0, 0.1) is 4.91 Å². The molecule has 0 aromatic heterocycles. The van der Waals surface area contributed by atoms with E-state index in [1.807, 2.05) is 0 Å². The molecule has 0 heterocycles. The Morgan fingerprint density at radius 2 is 1.70 bits per heavy atom. The maximum Gasteiger partial charge on any atom is 0.260 e. The van der Waals surface area contributed by atoms with Crippen LogP contribution in [0.15, 0.2) is 59.8 Å². The summed E-state index contributed by atoms with van der Waals surface area (Å²) in [7, 11) is 0. The third-order valence-electron chi connectivity index (χ3n) is 3.19. The normalized spacial score (nSPS) is 11.3. The molecule has 0 saturated heterocycles. The van der Waals surface area contributed by atoms with Crippen molar-refractivity contribution in [3.63, 3.8) is 0 Å². The van der Waals surface area contributed by atoms with Gasteiger partial charge in [0.2, 0.25) is 6.04 Å². The Morgan fingerprint density at radius 3 is 2.26 bits per heavy atom. The number of hydrogen-bond donors (Lipinski definition) is 1. The van der Waals surface area contributed by atoms with Gasteiger partial charge in [-0.2, -0.15) is 0 Å². The first-order chi connectivity index (χ1) is 11.1. The van der Waals surface area contributed by atoms with Crippen molar-refractivity contribution in [2.24, 2.45) is 5.18 Å². The molecule has 1 amide bonds. The van der Waals surface area contributed by atoms with Crippen molar-refractivity contribution in [2.75, 3.05) is 5.32 Å². The number of nitroso groups, excluding NO2 is 1. The standard InChI is InChI=1S/C17H14N2O4/c20-11-13-8-6-12(7-9-13)10-15(21)16(19-23)17(22)18-14-4-2-1-3-5-14/h1-9,11,16H,10H2,(H,18,22). The van der Waals surface area contributed by atoms with E-state index >= 15 is 0 Å². The van der Waals surface area contributed by atoms with Crippen LogP contribution >= 0.6 is 0 Å². The fourth-order valence-electron chi connectivity index (χ4n) is 2.00. The number of ketones is 1. The Balaban J connectivity index is 2.03. The van der Waals surface area contributed by atoms with Crippen LogP contribution in [0.25, 0.3) is 0 Å². The van der Waals surface area contributed by atoms with Crippen LogP contribution in [0.1, 0.15) is 15.9 Å². The highest BCUT2D eigenvalue weighted by atomic mass is 16.3. The number of nitrogens with zero attached hydrogens (tertiary/aromatic N) is 1. The van der Waals surface area contributed by atoms with Crippen molar-refractivity contribution in [1.82, 2.24) is 0 Å². The lowest BCUT2D eigenvalue weighted by Gasteiger charge is -2.09. The number of aldehydes is 1. The van der Waals surface area contributed by atoms with Gasteiger partial charge in [-0.25, -0.2) is 0 Å². The number of para-hydroxylation sites is 1. The number of amides is 1. The maximum atomic E-state index is 12.1. The lowest BCUT2D eigenvalue weighted by Crippen LogP contribution is -2.34. The molecule has 0 spiro atoms. The maximum absolute atomic E-state index is 12.1. The highest BCUT2D eigenvalue weighted by Gasteiger charge is 2.27. The van der Waals surface area contributed by atoms with Gasteiger partial charge in [0, 0.05) is 17.7 Å². The van der Waals surface area contributed by atoms with Gasteiger partial charge in [0.05, 0.1) is 0 Å². The van der Waals surface area contributed by atoms with Crippen molar-refractivity contribution in [2.45, 2.75) is 12.5 Å². The molecule has 2 rings (SSSR count). The van der Waals surface area contributed by atoms with Crippen LogP contribution in [0.3, 0.4) is 0 Å². The molecule has 0 aliphatic carbocycles. The number of nitrogens with one attached hydrogen (secondary N) is 1. The van der Waals surface area contributed by atoms with Crippen LogP contribution in [0.5, 0.6) is 0 Å². The van der Waals surface area contributed by atoms with Crippen LogP contribution in [0.2, 0.25) is 0 Å². The molecule has 1 N–H and O–H groups in total. The van der Waals surface area contributed by atoms with Gasteiger partial charge in [-0.15, -0.1) is 4.91 Å². The average Bonchev–Trinajstić information content (AvgIpc) is 2.57. The summed E-state index contributed by atoms with van der Waals surface area (Å²) >= 11 is 0. The summed E-state index contributed by atoms with van der Waals surface area (Å²) in [5.41, 5.74) is 1.56. The summed E-state index contributed by atoms with van der Waals surface area (Å²) < 4.78 is 0. The Hall–Kier alpha value is -3.15. The van der Waals surface area contributed by atoms with Crippen LogP contribution in [-0.4, -0.2) is 24.0 Å². The molecule has 6 heteroatoms. The minimum atomic E-state index is -1.61. The lowest BCUT2D eigenvalue weighted by molar-refractivity contribution is -0.126. The third kappa shape index (κ3) is 4.41. The topological polar surface area (TPSA) is 92.7 Å². The number of hydrogen-bond acceptors (Lipinski definition) is 5. The van der Waals surface area contributed by atoms with Gasteiger partial charge < -0.3 is 5.32 Å². The second kappa shape index (κ2) is 7.74. The van der Waals surface area contributed by atoms with Gasteiger partial charge in [-0.1, -0.05) is 42.5 Å². The quantitative estimate of drug-likeness (QED) is 0.483. The number of carbonyl (C=O) groups excluding carboxylic acids is 3. The van der Waals surface area contributed by atoms with Crippen molar-refractivity contribution >= 4 is 23.7 Å². The molecule has 0 bridgehead atoms. The Bertz CT molecular complexity index is 711. The Kier molecular flexibility index (Phi) is 5.46. The molecule has 6 nitrogen and oxygen atoms in total. The minimum absolute atomic E-state index is 0.113. The number of rotatable bonds is 7. The van der Waals surface area contributed by atoms with E-state index in [0.717, 1.165) is 0 Å². The van der Waals surface area contributed by atoms with E-state index in [1.165, 1.54) is 0 Å². The summed E-state index contributed by atoms with van der Waals surface area (Å²) in [6.07, 6.45) is 0.576. The summed E-state index contributed by atoms with van der Waals surface area (Å²) in [5, 5.41) is 5.12. The Morgan fingerprint density at radius 1 is 1.04 bits per heavy atom. The smallest absolute Gasteiger partial charge is 0.260 e. The summed E-state index contributed by atoms with van der Waals surface area (Å²) in [6.45, 7) is 0. The molecule has 23 heavy (non-hydrogen) atoms. The molecule has 116 valence electrons. The first-order valence-corrected chi connectivity index (χ1v) is 6.89. The van der Waals surface area contributed by atoms with Gasteiger partial charge >= 0.3 is 0 Å². The van der Waals surface area contributed by atoms with Crippen LogP contribution in [0.4, 0.5) is 5.69 Å². The molecule has 2 aromatic rings. The predicted octanol–water partition coefficient (Wildman–Crippen LogP) is 2.38. The molecule has 2 aromatic carbocycles. The highest BCUT2D eigenvalue weighted by Crippen LogP contribution is 2.10. The first kappa shape index (κ1) is 16.2. The van der Waals surface area contributed by atoms with Gasteiger partial charge in [0.1, 0.15) is 6.29 Å². The number of anilines is 1. The second-order valence-electron chi connectivity index (χ2n) is 4.87. The molecule has 0 aliphatic rings. The molecule has 0 aliphatic heterocycles. The molecule has 0 saturated carbocycles. The minimum Gasteiger partial charge on any atom is -0.324 e. The SMILES string of the molecule is O=Cc1ccc(CC(=O)C(N=O)C(=O)Nc2ccccc2)cc1. The molecule has 0 radical (unpaired) electrons. The number of carbonyl (C=O) groups is 3. The zero-order valence-corrected chi connectivity index (χ0v) is 12.1. The molecule has 1 atom stereocenters. The van der Waals surface area contributed by atoms with Gasteiger partial charge in [-0.05, 0) is 22.9 Å². The monoisotopic (exact) mass is 310 g/mol. The zero-order valence-electron chi connectivity index (χ0n) is 12.1. The fourth-order valence-corrected chi connectivity index (χ4v) is 2.00. The van der Waals surface area contributed by atoms with Gasteiger partial charge in [-0.3, -0.25) is 14.4 Å². The van der Waals surface area contributed by atoms with Crippen LogP contribution < -0.4 is 5.32 Å². The Labute approximate surface area is 132 Å². The van der Waals surface area contributed by atoms with E-state index in [-0.39, 0.29) is 6.42 Å². The van der Waals surface area contributed by atoms with Crippen molar-refractivity contribution < 1.29 is 14.4 Å². The van der Waals surface area contributed by atoms with Crippen molar-refractivity contribution in [3.05, 3.63) is 70.6 Å². The average molecular weight is 310 g/mol. The molecular weight excluding hydrogens is 296 g/mol. The van der Waals surface area contributed by atoms with Crippen LogP contribution in [-0.2, 0) is 16.0 Å². The second-order valence-corrected chi connectivity index (χ2v) is 4.87. The fraction of sp³-hybridized carbons (Fsp3) is 0.118. The summed E-state index contributed by atoms with van der Waals surface area (Å²) in [6, 6.07) is 13.2. The number of Topliss-reactive ketones (excluding diaryl/α,β-unsaturated/α-hetero) is 1. The highest BCUT2D eigenvalue weighted by molar-refractivity contribution is 6.11. The van der Waals surface area contributed by atoms with Gasteiger partial charge in [0.25, 0.3) is 5.91 Å². The van der Waals surface area contributed by atoms with E-state index in [0.29, 0.717) is 23.1 Å². The van der Waals surface area contributed by atoms with E-state index < -0.39 is 17.7 Å². The number of benzene rings is 2. The summed E-state index contributed by atoms with van der Waals surface area (Å²) in [5.74, 6) is -1.37. The lowest BCUT2D eigenvalue weighted by atomic mass is 10.0. The molecular formula is C17H14N2O4.